The number of nitrogens with zero attached hydrogens (tertiary/aromatic N) is 4. The third-order valence-electron chi connectivity index (χ3n) is 6.96. The van der Waals surface area contributed by atoms with Gasteiger partial charge in [-0.2, -0.15) is 5.10 Å². The lowest BCUT2D eigenvalue weighted by Gasteiger charge is -2.39. The molecule has 2 aromatic heterocycles. The van der Waals surface area contributed by atoms with Crippen molar-refractivity contribution in [2.45, 2.75) is 44.6 Å². The van der Waals surface area contributed by atoms with E-state index in [2.05, 4.69) is 21.9 Å². The molecule has 3 aromatic rings. The molecule has 1 N–H and O–H groups in total. The van der Waals surface area contributed by atoms with Crippen molar-refractivity contribution in [1.82, 2.24) is 24.6 Å². The molecule has 0 atom stereocenters. The van der Waals surface area contributed by atoms with Crippen molar-refractivity contribution in [1.29, 1.82) is 0 Å². The van der Waals surface area contributed by atoms with Crippen molar-refractivity contribution in [2.75, 3.05) is 13.1 Å². The fraction of sp³-hybridized carbons (Fsp3) is 0.435. The topological polar surface area (TPSA) is 66.8 Å². The van der Waals surface area contributed by atoms with Crippen LogP contribution in [-0.4, -0.2) is 37.7 Å². The first-order chi connectivity index (χ1) is 14.1. The summed E-state index contributed by atoms with van der Waals surface area (Å²) in [4.78, 5) is 23.3. The number of piperidine rings is 1. The van der Waals surface area contributed by atoms with E-state index in [0.29, 0.717) is 5.82 Å². The normalized spacial score (nSPS) is 18.3. The average Bonchev–Trinajstić information content (AvgIpc) is 3.26. The van der Waals surface area contributed by atoms with Gasteiger partial charge < -0.3 is 4.98 Å². The predicted molar refractivity (Wildman–Crippen MR) is 113 cm³/mol. The van der Waals surface area contributed by atoms with Crippen LogP contribution in [0, 0.1) is 6.92 Å². The summed E-state index contributed by atoms with van der Waals surface area (Å²) in [6.45, 7) is 5.13. The van der Waals surface area contributed by atoms with Crippen LogP contribution in [0.1, 0.15) is 41.8 Å². The Kier molecular flexibility index (Phi) is 4.39. The van der Waals surface area contributed by atoms with E-state index in [-0.39, 0.29) is 11.0 Å². The van der Waals surface area contributed by atoms with E-state index in [1.54, 1.807) is 0 Å². The smallest absolute Gasteiger partial charge is 0.254 e. The average molecular weight is 390 g/mol. The van der Waals surface area contributed by atoms with Crippen molar-refractivity contribution in [3.8, 4) is 11.4 Å². The fourth-order valence-corrected chi connectivity index (χ4v) is 4.95. The molecule has 0 unspecified atom stereocenters. The van der Waals surface area contributed by atoms with Crippen molar-refractivity contribution >= 4 is 0 Å². The molecule has 6 heteroatoms. The Balaban J connectivity index is 1.40. The highest BCUT2D eigenvalue weighted by molar-refractivity contribution is 5.55. The van der Waals surface area contributed by atoms with Gasteiger partial charge in [-0.15, -0.1) is 0 Å². The molecule has 1 saturated heterocycles. The monoisotopic (exact) mass is 389 g/mol. The molecule has 2 aliphatic rings. The largest absolute Gasteiger partial charge is 0.306 e. The minimum atomic E-state index is 0.0409. The summed E-state index contributed by atoms with van der Waals surface area (Å²) < 4.78 is 1.94. The van der Waals surface area contributed by atoms with Crippen LogP contribution >= 0.6 is 0 Å². The zero-order valence-electron chi connectivity index (χ0n) is 17.1. The Bertz CT molecular complexity index is 1090. The Morgan fingerprint density at radius 2 is 1.90 bits per heavy atom. The van der Waals surface area contributed by atoms with E-state index in [1.165, 1.54) is 11.3 Å². The second kappa shape index (κ2) is 6.95. The Hall–Kier alpha value is -2.73. The van der Waals surface area contributed by atoms with Crippen LogP contribution < -0.4 is 5.56 Å². The lowest BCUT2D eigenvalue weighted by Crippen LogP contribution is -2.42. The van der Waals surface area contributed by atoms with Gasteiger partial charge in [0.05, 0.1) is 11.9 Å². The number of likely N-dealkylation sites (tertiary alicyclic amines) is 1. The van der Waals surface area contributed by atoms with Gasteiger partial charge in [0.2, 0.25) is 0 Å². The molecule has 150 valence electrons. The molecule has 0 saturated carbocycles. The van der Waals surface area contributed by atoms with Crippen LogP contribution in [-0.2, 0) is 25.4 Å². The first kappa shape index (κ1) is 18.3. The summed E-state index contributed by atoms with van der Waals surface area (Å²) in [6, 6.07) is 9.96. The van der Waals surface area contributed by atoms with Crippen LogP contribution in [0.15, 0.2) is 41.3 Å². The highest BCUT2D eigenvalue weighted by Crippen LogP contribution is 2.44. The van der Waals surface area contributed by atoms with Gasteiger partial charge in [0.25, 0.3) is 5.56 Å². The van der Waals surface area contributed by atoms with Crippen LogP contribution in [0.4, 0.5) is 0 Å². The number of aromatic amines is 1. The van der Waals surface area contributed by atoms with Gasteiger partial charge >= 0.3 is 0 Å². The lowest BCUT2D eigenvalue weighted by molar-refractivity contribution is 0.150. The number of aromatic nitrogens is 4. The predicted octanol–water partition coefficient (Wildman–Crippen LogP) is 2.96. The van der Waals surface area contributed by atoms with Crippen molar-refractivity contribution in [3.63, 3.8) is 0 Å². The van der Waals surface area contributed by atoms with E-state index >= 15 is 0 Å². The third-order valence-corrected chi connectivity index (χ3v) is 6.96. The Labute approximate surface area is 170 Å². The molecule has 0 bridgehead atoms. The van der Waals surface area contributed by atoms with Crippen molar-refractivity contribution in [3.05, 3.63) is 69.4 Å². The molecule has 3 heterocycles. The Morgan fingerprint density at radius 1 is 1.14 bits per heavy atom. The number of fused-ring (bicyclic) bond motifs is 2. The van der Waals surface area contributed by atoms with Crippen LogP contribution in [0.3, 0.4) is 0 Å². The zero-order valence-corrected chi connectivity index (χ0v) is 17.1. The molecule has 0 amide bonds. The molecular formula is C23H27N5O. The van der Waals surface area contributed by atoms with Gasteiger partial charge in [-0.3, -0.25) is 14.4 Å². The molecule has 1 aromatic carbocycles. The summed E-state index contributed by atoms with van der Waals surface area (Å²) >= 11 is 0. The van der Waals surface area contributed by atoms with Gasteiger partial charge in [-0.05, 0) is 45.7 Å². The maximum atomic E-state index is 12.8. The summed E-state index contributed by atoms with van der Waals surface area (Å²) in [7, 11) is 1.99. The first-order valence-electron chi connectivity index (χ1n) is 10.4. The number of H-pyrrole nitrogens is 1. The van der Waals surface area contributed by atoms with E-state index in [1.807, 2.05) is 48.3 Å². The minimum Gasteiger partial charge on any atom is -0.306 e. The van der Waals surface area contributed by atoms with Crippen molar-refractivity contribution < 1.29 is 0 Å². The molecule has 5 rings (SSSR count). The van der Waals surface area contributed by atoms with Gasteiger partial charge in [0.15, 0.2) is 0 Å². The lowest BCUT2D eigenvalue weighted by atomic mass is 9.76. The SMILES string of the molecule is Cc1c(CN2CCC3(CCc4c3nc(-c3ccccc3)[nH]c4=O)CC2)cnn1C. The number of benzene rings is 1. The molecule has 1 fully saturated rings. The van der Waals surface area contributed by atoms with Gasteiger partial charge in [-0.25, -0.2) is 4.98 Å². The van der Waals surface area contributed by atoms with Gasteiger partial charge in [-0.1, -0.05) is 30.3 Å². The number of nitrogens with one attached hydrogen (secondary N) is 1. The maximum Gasteiger partial charge on any atom is 0.254 e. The number of hydrogen-bond acceptors (Lipinski definition) is 4. The van der Waals surface area contributed by atoms with Crippen LogP contribution in [0.25, 0.3) is 11.4 Å². The first-order valence-corrected chi connectivity index (χ1v) is 10.4. The molecule has 6 nitrogen and oxygen atoms in total. The van der Waals surface area contributed by atoms with E-state index < -0.39 is 0 Å². The maximum absolute atomic E-state index is 12.8. The summed E-state index contributed by atoms with van der Waals surface area (Å²) in [5.74, 6) is 0.698. The molecule has 1 spiro atoms. The number of rotatable bonds is 3. The number of hydrogen-bond donors (Lipinski definition) is 1. The quantitative estimate of drug-likeness (QED) is 0.748. The summed E-state index contributed by atoms with van der Waals surface area (Å²) in [6.07, 6.45) is 5.98. The second-order valence-electron chi connectivity index (χ2n) is 8.54. The van der Waals surface area contributed by atoms with Gasteiger partial charge in [0, 0.05) is 41.4 Å². The van der Waals surface area contributed by atoms with E-state index in [0.717, 1.165) is 62.1 Å². The standard InChI is InChI=1S/C23H27N5O/c1-16-18(14-24-27(16)2)15-28-12-10-23(11-13-28)9-8-19-20(23)25-21(26-22(19)29)17-6-4-3-5-7-17/h3-7,14H,8-13,15H2,1-2H3,(H,25,26,29). The molecule has 1 aliphatic heterocycles. The molecule has 29 heavy (non-hydrogen) atoms. The van der Waals surface area contributed by atoms with Crippen molar-refractivity contribution in [2.24, 2.45) is 7.05 Å². The molecular weight excluding hydrogens is 362 g/mol. The Morgan fingerprint density at radius 3 is 2.59 bits per heavy atom. The highest BCUT2D eigenvalue weighted by Gasteiger charge is 2.44. The molecule has 1 aliphatic carbocycles. The third kappa shape index (κ3) is 3.12. The second-order valence-corrected chi connectivity index (χ2v) is 8.54. The minimum absolute atomic E-state index is 0.0409. The fourth-order valence-electron chi connectivity index (χ4n) is 4.95. The highest BCUT2D eigenvalue weighted by atomic mass is 16.1. The molecule has 0 radical (unpaired) electrons. The number of aryl methyl sites for hydroxylation is 1. The summed E-state index contributed by atoms with van der Waals surface area (Å²) in [5.41, 5.74) is 5.55. The van der Waals surface area contributed by atoms with Crippen LogP contribution in [0.5, 0.6) is 0 Å². The van der Waals surface area contributed by atoms with Crippen LogP contribution in [0.2, 0.25) is 0 Å². The summed E-state index contributed by atoms with van der Waals surface area (Å²) in [5, 5.41) is 4.37. The van der Waals surface area contributed by atoms with E-state index in [9.17, 15) is 4.79 Å². The van der Waals surface area contributed by atoms with E-state index in [4.69, 9.17) is 4.98 Å². The van der Waals surface area contributed by atoms with Gasteiger partial charge in [0.1, 0.15) is 5.82 Å². The zero-order chi connectivity index (χ0) is 20.0.